The quantitative estimate of drug-likeness (QED) is 0.649. The topological polar surface area (TPSA) is 60.8 Å². The van der Waals surface area contributed by atoms with Gasteiger partial charge in [0, 0.05) is 25.3 Å². The van der Waals surface area contributed by atoms with Crippen LogP contribution in [0.25, 0.3) is 0 Å². The minimum atomic E-state index is -0.817. The van der Waals surface area contributed by atoms with E-state index in [-0.39, 0.29) is 0 Å². The monoisotopic (exact) mass is 219 g/mol. The van der Waals surface area contributed by atoms with Crippen molar-refractivity contribution < 1.29 is 15.0 Å². The van der Waals surface area contributed by atoms with Gasteiger partial charge in [0.1, 0.15) is 6.04 Å². The van der Waals surface area contributed by atoms with E-state index in [4.69, 9.17) is 5.11 Å². The fourth-order valence-electron chi connectivity index (χ4n) is 1.71. The van der Waals surface area contributed by atoms with Crippen LogP contribution in [0.4, 0.5) is 0 Å². The van der Waals surface area contributed by atoms with Crippen LogP contribution in [-0.2, 0) is 4.79 Å². The van der Waals surface area contributed by atoms with Crippen molar-refractivity contribution in [3.63, 3.8) is 0 Å². The fraction of sp³-hybridized carbons (Fsp3) is 0.889. The molecule has 1 aliphatic rings. The molecular formula is C9H17NO3S. The third-order valence-corrected chi connectivity index (χ3v) is 3.27. The summed E-state index contributed by atoms with van der Waals surface area (Å²) < 4.78 is 0. The predicted molar refractivity (Wildman–Crippen MR) is 56.6 cm³/mol. The molecule has 2 N–H and O–H groups in total. The van der Waals surface area contributed by atoms with Gasteiger partial charge in [0.2, 0.25) is 0 Å². The lowest BCUT2D eigenvalue weighted by atomic mass is 10.2. The lowest BCUT2D eigenvalue weighted by Crippen LogP contribution is -2.37. The minimum Gasteiger partial charge on any atom is -0.480 e. The van der Waals surface area contributed by atoms with E-state index in [1.165, 1.54) is 0 Å². The zero-order valence-electron chi connectivity index (χ0n) is 8.35. The van der Waals surface area contributed by atoms with Gasteiger partial charge in [-0.2, -0.15) is 11.8 Å². The van der Waals surface area contributed by atoms with Gasteiger partial charge in [0.05, 0.1) is 6.10 Å². The summed E-state index contributed by atoms with van der Waals surface area (Å²) in [5.74, 6) is 1.17. The molecule has 1 heterocycles. The van der Waals surface area contributed by atoms with Crippen molar-refractivity contribution in [2.75, 3.05) is 24.6 Å². The van der Waals surface area contributed by atoms with E-state index < -0.39 is 18.1 Å². The Hall–Kier alpha value is -0.260. The number of carboxylic acid groups (broad SMARTS) is 1. The van der Waals surface area contributed by atoms with Gasteiger partial charge in [-0.15, -0.1) is 0 Å². The Labute approximate surface area is 88.3 Å². The Bertz CT molecular complexity index is 200. The van der Waals surface area contributed by atoms with Gasteiger partial charge in [-0.25, -0.2) is 0 Å². The van der Waals surface area contributed by atoms with Crippen molar-refractivity contribution in [3.8, 4) is 0 Å². The first-order valence-electron chi connectivity index (χ1n) is 4.87. The Morgan fingerprint density at radius 2 is 2.36 bits per heavy atom. The summed E-state index contributed by atoms with van der Waals surface area (Å²) in [4.78, 5) is 12.7. The predicted octanol–water partition coefficient (Wildman–Crippen LogP) is 0.259. The second kappa shape index (κ2) is 5.58. The zero-order valence-corrected chi connectivity index (χ0v) is 9.16. The Balaban J connectivity index is 2.37. The van der Waals surface area contributed by atoms with E-state index in [0.717, 1.165) is 18.1 Å². The highest BCUT2D eigenvalue weighted by Gasteiger charge is 2.35. The lowest BCUT2D eigenvalue weighted by Gasteiger charge is -2.19. The fourth-order valence-corrected chi connectivity index (χ4v) is 2.36. The van der Waals surface area contributed by atoms with Crippen LogP contribution in [0, 0.1) is 0 Å². The van der Waals surface area contributed by atoms with Gasteiger partial charge in [-0.05, 0) is 5.75 Å². The Morgan fingerprint density at radius 3 is 2.93 bits per heavy atom. The molecule has 1 rings (SSSR count). The maximum atomic E-state index is 10.8. The average Bonchev–Trinajstić information content (AvgIpc) is 2.47. The van der Waals surface area contributed by atoms with Crippen molar-refractivity contribution in [2.45, 2.75) is 25.5 Å². The van der Waals surface area contributed by atoms with E-state index in [2.05, 4.69) is 6.92 Å². The van der Waals surface area contributed by atoms with Crippen molar-refractivity contribution in [1.82, 2.24) is 4.90 Å². The van der Waals surface area contributed by atoms with E-state index in [9.17, 15) is 9.90 Å². The molecule has 1 saturated heterocycles. The number of nitrogens with zero attached hydrogens (tertiary/aromatic N) is 1. The van der Waals surface area contributed by atoms with Gasteiger partial charge in [0.15, 0.2) is 0 Å². The normalized spacial score (nSPS) is 28.1. The van der Waals surface area contributed by atoms with E-state index in [1.807, 2.05) is 4.90 Å². The van der Waals surface area contributed by atoms with E-state index in [0.29, 0.717) is 13.0 Å². The number of hydrogen-bond donors (Lipinski definition) is 2. The van der Waals surface area contributed by atoms with Crippen molar-refractivity contribution in [2.24, 2.45) is 0 Å². The number of carbonyl (C=O) groups is 1. The number of likely N-dealkylation sites (tertiary alicyclic amines) is 1. The summed E-state index contributed by atoms with van der Waals surface area (Å²) in [6.45, 7) is 3.34. The van der Waals surface area contributed by atoms with Crippen LogP contribution in [0.3, 0.4) is 0 Å². The molecule has 82 valence electrons. The molecule has 1 aliphatic heterocycles. The number of β-amino-alcohol motifs (C(OH)–C–C–N with tert-alkyl or cyclic N) is 1. The summed E-state index contributed by atoms with van der Waals surface area (Å²) in [7, 11) is 0. The molecule has 2 unspecified atom stereocenters. The number of aliphatic carboxylic acids is 1. The molecule has 0 aromatic heterocycles. The van der Waals surface area contributed by atoms with E-state index in [1.54, 1.807) is 11.8 Å². The second-order valence-corrected chi connectivity index (χ2v) is 4.83. The highest BCUT2D eigenvalue weighted by Crippen LogP contribution is 2.18. The molecule has 0 radical (unpaired) electrons. The molecule has 0 saturated carbocycles. The van der Waals surface area contributed by atoms with Crippen LogP contribution in [-0.4, -0.2) is 57.8 Å². The zero-order chi connectivity index (χ0) is 10.6. The molecule has 0 aliphatic carbocycles. The van der Waals surface area contributed by atoms with Gasteiger partial charge < -0.3 is 10.2 Å². The lowest BCUT2D eigenvalue weighted by molar-refractivity contribution is -0.142. The minimum absolute atomic E-state index is 0.367. The Kier molecular flexibility index (Phi) is 4.71. The first-order chi connectivity index (χ1) is 6.65. The molecule has 0 amide bonds. The molecule has 2 atom stereocenters. The van der Waals surface area contributed by atoms with Crippen LogP contribution >= 0.6 is 11.8 Å². The molecule has 1 fully saturated rings. The van der Waals surface area contributed by atoms with Gasteiger partial charge in [-0.3, -0.25) is 9.69 Å². The smallest absolute Gasteiger partial charge is 0.321 e. The second-order valence-electron chi connectivity index (χ2n) is 3.44. The average molecular weight is 219 g/mol. The SMILES string of the molecule is CCSCCN1CC(O)CC1C(=O)O. The number of hydrogen-bond acceptors (Lipinski definition) is 4. The number of aliphatic hydroxyl groups is 1. The number of rotatable bonds is 5. The molecule has 0 aromatic carbocycles. The van der Waals surface area contributed by atoms with Crippen molar-refractivity contribution in [3.05, 3.63) is 0 Å². The molecule has 14 heavy (non-hydrogen) atoms. The Morgan fingerprint density at radius 1 is 1.64 bits per heavy atom. The van der Waals surface area contributed by atoms with Gasteiger partial charge in [-0.1, -0.05) is 6.92 Å². The van der Waals surface area contributed by atoms with Crippen LogP contribution < -0.4 is 0 Å². The summed E-state index contributed by atoms with van der Waals surface area (Å²) in [5, 5.41) is 18.3. The molecule has 0 spiro atoms. The summed E-state index contributed by atoms with van der Waals surface area (Å²) in [6.07, 6.45) is -0.103. The molecular weight excluding hydrogens is 202 g/mol. The van der Waals surface area contributed by atoms with Crippen molar-refractivity contribution in [1.29, 1.82) is 0 Å². The number of aliphatic hydroxyl groups excluding tert-OH is 1. The third kappa shape index (κ3) is 3.15. The first kappa shape index (κ1) is 11.8. The molecule has 0 aromatic rings. The maximum absolute atomic E-state index is 10.8. The summed E-state index contributed by atoms with van der Waals surface area (Å²) >= 11 is 1.79. The molecule has 4 nitrogen and oxygen atoms in total. The van der Waals surface area contributed by atoms with Crippen LogP contribution in [0.5, 0.6) is 0 Å². The number of carboxylic acids is 1. The molecule has 5 heteroatoms. The van der Waals surface area contributed by atoms with Gasteiger partial charge >= 0.3 is 5.97 Å². The van der Waals surface area contributed by atoms with Crippen LogP contribution in [0.15, 0.2) is 0 Å². The largest absolute Gasteiger partial charge is 0.480 e. The summed E-state index contributed by atoms with van der Waals surface area (Å²) in [6, 6.07) is -0.484. The standard InChI is InChI=1S/C9H17NO3S/c1-2-14-4-3-10-6-7(11)5-8(10)9(12)13/h7-8,11H,2-6H2,1H3,(H,12,13). The molecule has 0 bridgehead atoms. The van der Waals surface area contributed by atoms with Gasteiger partial charge in [0.25, 0.3) is 0 Å². The highest BCUT2D eigenvalue weighted by molar-refractivity contribution is 7.99. The summed E-state index contributed by atoms with van der Waals surface area (Å²) in [5.41, 5.74) is 0. The van der Waals surface area contributed by atoms with Crippen LogP contribution in [0.1, 0.15) is 13.3 Å². The highest BCUT2D eigenvalue weighted by atomic mass is 32.2. The van der Waals surface area contributed by atoms with E-state index >= 15 is 0 Å². The third-order valence-electron chi connectivity index (χ3n) is 2.39. The van der Waals surface area contributed by atoms with Crippen LogP contribution in [0.2, 0.25) is 0 Å². The first-order valence-corrected chi connectivity index (χ1v) is 6.03. The maximum Gasteiger partial charge on any atom is 0.321 e. The number of thioether (sulfide) groups is 1. The van der Waals surface area contributed by atoms with Crippen molar-refractivity contribution >= 4 is 17.7 Å².